The van der Waals surface area contributed by atoms with Gasteiger partial charge in [0, 0.05) is 110 Å². The van der Waals surface area contributed by atoms with Crippen LogP contribution in [0, 0.1) is 0 Å². The lowest BCUT2D eigenvalue weighted by molar-refractivity contribution is -0.139. The Kier molecular flexibility index (Phi) is 10.7. The second-order valence-electron chi connectivity index (χ2n) is 12.7. The van der Waals surface area contributed by atoms with Gasteiger partial charge in [-0.05, 0) is 44.4 Å². The lowest BCUT2D eigenvalue weighted by atomic mass is 10.0. The maximum atomic E-state index is 14.0. The first-order valence-corrected chi connectivity index (χ1v) is 20.2. The Morgan fingerprint density at radius 1 is 1.02 bits per heavy atom. The summed E-state index contributed by atoms with van der Waals surface area (Å²) in [5, 5.41) is 4.94. The minimum Gasteiger partial charge on any atom is -0.340 e. The molecule has 0 bridgehead atoms. The van der Waals surface area contributed by atoms with Crippen molar-refractivity contribution in [1.82, 2.24) is 28.8 Å². The molecule has 3 saturated heterocycles. The smallest absolute Gasteiger partial charge is 0.340 e. The number of piperidine rings is 1. The van der Waals surface area contributed by atoms with Gasteiger partial charge in [-0.1, -0.05) is 6.07 Å². The zero-order chi connectivity index (χ0) is 32.5. The van der Waals surface area contributed by atoms with E-state index >= 15 is 0 Å². The topological polar surface area (TPSA) is 82.0 Å². The largest absolute Gasteiger partial charge is 0.417 e. The minimum absolute atomic E-state index is 0.155. The van der Waals surface area contributed by atoms with Crippen LogP contribution in [0.4, 0.5) is 13.2 Å². The second kappa shape index (κ2) is 14.4. The normalized spacial score (nSPS) is 21.0. The maximum absolute atomic E-state index is 14.0. The number of hydrogen-bond acceptors (Lipinski definition) is 8. The molecule has 1 aromatic carbocycles. The highest BCUT2D eigenvalue weighted by molar-refractivity contribution is 7.99. The summed E-state index contributed by atoms with van der Waals surface area (Å²) >= 11 is 3.05. The lowest BCUT2D eigenvalue weighted by Crippen LogP contribution is -2.45. The van der Waals surface area contributed by atoms with Crippen LogP contribution >= 0.6 is 23.5 Å². The number of fused-ring (bicyclic) bond motifs is 1. The summed E-state index contributed by atoms with van der Waals surface area (Å²) in [4.78, 5) is 19.1. The maximum Gasteiger partial charge on any atom is 0.417 e. The number of aryl methyl sites for hydroxylation is 1. The molecule has 1 aromatic heterocycles. The molecule has 0 N–H and O–H groups in total. The third kappa shape index (κ3) is 7.91. The SMILES string of the molecule is CS(=O)(=O)N1CCc2c(c(-c3ccc(C(F)(F)F)c(SCCN4CCSC4)c3)nn2CCCN2CCC(N3CCCC3=O)CC2)C1. The van der Waals surface area contributed by atoms with E-state index in [9.17, 15) is 26.4 Å². The average molecular weight is 701 g/mol. The number of benzene rings is 1. The number of halogens is 3. The van der Waals surface area contributed by atoms with Crippen molar-refractivity contribution in [1.29, 1.82) is 0 Å². The molecule has 0 aliphatic carbocycles. The molecule has 0 saturated carbocycles. The molecule has 3 fully saturated rings. The highest BCUT2D eigenvalue weighted by Crippen LogP contribution is 2.40. The van der Waals surface area contributed by atoms with Crippen LogP contribution < -0.4 is 0 Å². The molecule has 15 heteroatoms. The van der Waals surface area contributed by atoms with E-state index < -0.39 is 21.8 Å². The van der Waals surface area contributed by atoms with E-state index in [-0.39, 0.29) is 17.3 Å². The third-order valence-electron chi connectivity index (χ3n) is 9.57. The van der Waals surface area contributed by atoms with Crippen LogP contribution in [-0.4, -0.2) is 119 Å². The summed E-state index contributed by atoms with van der Waals surface area (Å²) in [6, 6.07) is 4.56. The number of likely N-dealkylation sites (tertiary alicyclic amines) is 2. The van der Waals surface area contributed by atoms with Crippen molar-refractivity contribution >= 4 is 39.5 Å². The van der Waals surface area contributed by atoms with Gasteiger partial charge in [-0.15, -0.1) is 23.5 Å². The molecule has 9 nitrogen and oxygen atoms in total. The fourth-order valence-electron chi connectivity index (χ4n) is 7.06. The molecule has 4 aliphatic heterocycles. The van der Waals surface area contributed by atoms with Crippen LogP contribution in [0.15, 0.2) is 23.1 Å². The van der Waals surface area contributed by atoms with Crippen molar-refractivity contribution in [2.24, 2.45) is 0 Å². The monoisotopic (exact) mass is 700 g/mol. The van der Waals surface area contributed by atoms with Crippen molar-refractivity contribution < 1.29 is 26.4 Å². The molecule has 2 aromatic rings. The van der Waals surface area contributed by atoms with Gasteiger partial charge in [-0.2, -0.15) is 22.6 Å². The van der Waals surface area contributed by atoms with Crippen LogP contribution in [0.1, 0.15) is 48.9 Å². The number of amides is 1. The van der Waals surface area contributed by atoms with Gasteiger partial charge in [-0.25, -0.2) is 8.42 Å². The van der Waals surface area contributed by atoms with E-state index in [0.29, 0.717) is 49.0 Å². The van der Waals surface area contributed by atoms with Gasteiger partial charge in [0.15, 0.2) is 0 Å². The van der Waals surface area contributed by atoms with Crippen molar-refractivity contribution in [3.05, 3.63) is 35.0 Å². The Balaban J connectivity index is 1.18. The highest BCUT2D eigenvalue weighted by Gasteiger charge is 2.35. The molecule has 1 amide bonds. The minimum atomic E-state index is -4.48. The molecule has 0 unspecified atom stereocenters. The van der Waals surface area contributed by atoms with Gasteiger partial charge in [-0.3, -0.25) is 14.4 Å². The number of hydrogen-bond donors (Lipinski definition) is 0. The fourth-order valence-corrected chi connectivity index (χ4v) is 9.99. The van der Waals surface area contributed by atoms with Crippen molar-refractivity contribution in [3.8, 4) is 11.3 Å². The Labute approximate surface area is 278 Å². The number of aromatic nitrogens is 2. The Morgan fingerprint density at radius 2 is 1.83 bits per heavy atom. The summed E-state index contributed by atoms with van der Waals surface area (Å²) in [5.74, 6) is 2.79. The van der Waals surface area contributed by atoms with E-state index in [1.807, 2.05) is 16.4 Å². The van der Waals surface area contributed by atoms with E-state index in [1.165, 1.54) is 28.4 Å². The second-order valence-corrected chi connectivity index (χ2v) is 16.9. The van der Waals surface area contributed by atoms with Crippen LogP contribution in [0.3, 0.4) is 0 Å². The van der Waals surface area contributed by atoms with Crippen molar-refractivity contribution in [3.63, 3.8) is 0 Å². The zero-order valence-corrected chi connectivity index (χ0v) is 28.8. The number of carbonyl (C=O) groups is 1. The van der Waals surface area contributed by atoms with Gasteiger partial charge in [0.25, 0.3) is 0 Å². The zero-order valence-electron chi connectivity index (χ0n) is 26.3. The van der Waals surface area contributed by atoms with Gasteiger partial charge < -0.3 is 9.80 Å². The van der Waals surface area contributed by atoms with E-state index in [4.69, 9.17) is 5.10 Å². The molecular weight excluding hydrogens is 658 g/mol. The summed E-state index contributed by atoms with van der Waals surface area (Å²) < 4.78 is 70.5. The molecular formula is C31H43F3N6O3S3. The van der Waals surface area contributed by atoms with Gasteiger partial charge in [0.05, 0.1) is 17.5 Å². The summed E-state index contributed by atoms with van der Waals surface area (Å²) in [7, 11) is -3.45. The fraction of sp³-hybridized carbons (Fsp3) is 0.677. The number of nitrogens with zero attached hydrogens (tertiary/aromatic N) is 6. The van der Waals surface area contributed by atoms with Crippen LogP contribution in [0.2, 0.25) is 0 Å². The number of sulfonamides is 1. The summed E-state index contributed by atoms with van der Waals surface area (Å²) in [6.45, 7) is 6.48. The number of carbonyl (C=O) groups excluding carboxylic acids is 1. The summed E-state index contributed by atoms with van der Waals surface area (Å²) in [5.41, 5.74) is 2.22. The molecule has 0 atom stereocenters. The Hall–Kier alpha value is -1.78. The quantitative estimate of drug-likeness (QED) is 0.318. The molecule has 46 heavy (non-hydrogen) atoms. The van der Waals surface area contributed by atoms with E-state index in [1.54, 1.807) is 6.07 Å². The molecule has 5 heterocycles. The Bertz CT molecular complexity index is 1500. The average Bonchev–Trinajstić information content (AvgIpc) is 3.77. The molecule has 0 spiro atoms. The predicted molar refractivity (Wildman–Crippen MR) is 176 cm³/mol. The van der Waals surface area contributed by atoms with Gasteiger partial charge >= 0.3 is 6.18 Å². The third-order valence-corrected chi connectivity index (χ3v) is 12.9. The highest BCUT2D eigenvalue weighted by atomic mass is 32.2. The first-order valence-electron chi connectivity index (χ1n) is 16.2. The molecule has 0 radical (unpaired) electrons. The van der Waals surface area contributed by atoms with E-state index in [2.05, 4.69) is 14.7 Å². The van der Waals surface area contributed by atoms with Crippen LogP contribution in [0.5, 0.6) is 0 Å². The van der Waals surface area contributed by atoms with Crippen molar-refractivity contribution in [2.75, 3.05) is 69.5 Å². The predicted octanol–water partition coefficient (Wildman–Crippen LogP) is 4.46. The van der Waals surface area contributed by atoms with Gasteiger partial charge in [0.2, 0.25) is 15.9 Å². The first-order chi connectivity index (χ1) is 22.0. The first kappa shape index (κ1) is 34.1. The molecule has 6 rings (SSSR count). The van der Waals surface area contributed by atoms with Crippen LogP contribution in [0.25, 0.3) is 11.3 Å². The number of thioether (sulfide) groups is 2. The van der Waals surface area contributed by atoms with Crippen molar-refractivity contribution in [2.45, 2.75) is 68.7 Å². The lowest BCUT2D eigenvalue weighted by Gasteiger charge is -2.36. The summed E-state index contributed by atoms with van der Waals surface area (Å²) in [6.07, 6.45) is 1.66. The molecule has 254 valence electrons. The Morgan fingerprint density at radius 3 is 2.50 bits per heavy atom. The number of alkyl halides is 3. The molecule has 4 aliphatic rings. The van der Waals surface area contributed by atoms with Gasteiger partial charge in [0.1, 0.15) is 0 Å². The number of rotatable bonds is 11. The van der Waals surface area contributed by atoms with E-state index in [0.717, 1.165) is 93.9 Å². The van der Waals surface area contributed by atoms with Crippen LogP contribution in [-0.2, 0) is 40.5 Å². The standard InChI is InChI=1S/C31H43F3N6O3S3/c1-46(42,43)38-15-9-27-25(21-38)30(23-5-6-26(31(32,33)34)28(20-23)45-19-17-37-16-18-44-22-37)35-40(27)12-3-10-36-13-7-24(8-14-36)39-11-2-4-29(39)41/h5-6,20,24H,2-4,7-19,21-22H2,1H3.